The number of benzene rings is 1. The number of rotatable bonds is 5. The van der Waals surface area contributed by atoms with Crippen molar-refractivity contribution in [2.45, 2.75) is 44.8 Å². The third kappa shape index (κ3) is 4.21. The van der Waals surface area contributed by atoms with Gasteiger partial charge < -0.3 is 15.2 Å². The lowest BCUT2D eigenvalue weighted by Gasteiger charge is -2.35. The van der Waals surface area contributed by atoms with Gasteiger partial charge in [-0.15, -0.1) is 0 Å². The molecule has 1 aliphatic carbocycles. The minimum atomic E-state index is -0.545. The van der Waals surface area contributed by atoms with E-state index in [2.05, 4.69) is 34.2 Å². The fraction of sp³-hybridized carbons (Fsp3) is 0.625. The first-order valence-electron chi connectivity index (χ1n) is 7.28. The molecule has 1 aromatic carbocycles. The highest BCUT2D eigenvalue weighted by molar-refractivity contribution is 9.10. The minimum absolute atomic E-state index is 0.545. The van der Waals surface area contributed by atoms with Gasteiger partial charge in [-0.05, 0) is 37.0 Å². The molecule has 20 heavy (non-hydrogen) atoms. The highest BCUT2D eigenvalue weighted by atomic mass is 79.9. The van der Waals surface area contributed by atoms with Gasteiger partial charge in [0.05, 0.1) is 12.7 Å². The monoisotopic (exact) mass is 341 g/mol. The number of nitrogens with one attached hydrogen (secondary N) is 1. The summed E-state index contributed by atoms with van der Waals surface area (Å²) in [6.07, 6.45) is 4.16. The number of halogens is 1. The van der Waals surface area contributed by atoms with Gasteiger partial charge in [-0.25, -0.2) is 0 Å². The van der Waals surface area contributed by atoms with E-state index in [1.807, 2.05) is 12.1 Å². The van der Waals surface area contributed by atoms with Gasteiger partial charge in [-0.1, -0.05) is 35.7 Å². The smallest absolute Gasteiger partial charge is 0.123 e. The molecule has 0 heterocycles. The number of hydrogen-bond donors (Lipinski definition) is 2. The number of ether oxygens (including phenoxy) is 1. The summed E-state index contributed by atoms with van der Waals surface area (Å²) in [4.78, 5) is 0. The molecule has 0 bridgehead atoms. The fourth-order valence-electron chi connectivity index (χ4n) is 3.11. The third-order valence-corrected chi connectivity index (χ3v) is 4.57. The Morgan fingerprint density at radius 1 is 1.50 bits per heavy atom. The van der Waals surface area contributed by atoms with Crippen LogP contribution in [-0.4, -0.2) is 24.4 Å². The van der Waals surface area contributed by atoms with Gasteiger partial charge in [0.1, 0.15) is 5.75 Å². The van der Waals surface area contributed by atoms with E-state index in [9.17, 15) is 5.11 Å². The summed E-state index contributed by atoms with van der Waals surface area (Å²) in [5, 5.41) is 14.0. The van der Waals surface area contributed by atoms with Crippen LogP contribution in [0.2, 0.25) is 0 Å². The van der Waals surface area contributed by atoms with Gasteiger partial charge in [-0.2, -0.15) is 0 Å². The topological polar surface area (TPSA) is 41.5 Å². The largest absolute Gasteiger partial charge is 0.496 e. The highest BCUT2D eigenvalue weighted by Gasteiger charge is 2.32. The molecule has 0 aliphatic heterocycles. The molecule has 112 valence electrons. The molecule has 0 radical (unpaired) electrons. The van der Waals surface area contributed by atoms with Crippen LogP contribution in [-0.2, 0) is 6.54 Å². The molecule has 3 nitrogen and oxygen atoms in total. The van der Waals surface area contributed by atoms with Crippen LogP contribution in [0, 0.1) is 5.92 Å². The second-order valence-electron chi connectivity index (χ2n) is 5.99. The van der Waals surface area contributed by atoms with Crippen molar-refractivity contribution in [3.05, 3.63) is 28.2 Å². The second kappa shape index (κ2) is 6.92. The van der Waals surface area contributed by atoms with Crippen molar-refractivity contribution in [2.75, 3.05) is 13.7 Å². The molecular weight excluding hydrogens is 318 g/mol. The maximum atomic E-state index is 10.6. The van der Waals surface area contributed by atoms with Crippen molar-refractivity contribution in [3.63, 3.8) is 0 Å². The van der Waals surface area contributed by atoms with E-state index in [1.54, 1.807) is 7.11 Å². The molecule has 2 N–H and O–H groups in total. The van der Waals surface area contributed by atoms with E-state index in [0.717, 1.165) is 35.0 Å². The standard InChI is InChI=1S/C16H24BrNO2/c1-12-4-3-7-16(19,9-12)11-18-10-13-8-14(17)5-6-15(13)20-2/h5-6,8,12,18-19H,3-4,7,9-11H2,1-2H3. The zero-order valence-corrected chi connectivity index (χ0v) is 13.9. The van der Waals surface area contributed by atoms with Crippen molar-refractivity contribution in [2.24, 2.45) is 5.92 Å². The van der Waals surface area contributed by atoms with Crippen molar-refractivity contribution in [1.82, 2.24) is 5.32 Å². The van der Waals surface area contributed by atoms with Crippen LogP contribution >= 0.6 is 15.9 Å². The quantitative estimate of drug-likeness (QED) is 0.861. The summed E-state index contributed by atoms with van der Waals surface area (Å²) < 4.78 is 6.40. The van der Waals surface area contributed by atoms with Gasteiger partial charge >= 0.3 is 0 Å². The van der Waals surface area contributed by atoms with E-state index in [0.29, 0.717) is 19.0 Å². The maximum Gasteiger partial charge on any atom is 0.123 e. The average Bonchev–Trinajstić information content (AvgIpc) is 2.38. The van der Waals surface area contributed by atoms with E-state index >= 15 is 0 Å². The number of aliphatic hydroxyl groups is 1. The normalized spacial score (nSPS) is 26.5. The lowest BCUT2D eigenvalue weighted by atomic mass is 9.79. The van der Waals surface area contributed by atoms with E-state index < -0.39 is 5.60 Å². The molecule has 0 amide bonds. The van der Waals surface area contributed by atoms with Crippen LogP contribution in [0.3, 0.4) is 0 Å². The molecule has 0 spiro atoms. The first-order valence-corrected chi connectivity index (χ1v) is 8.07. The van der Waals surface area contributed by atoms with Gasteiger partial charge in [0, 0.05) is 23.1 Å². The minimum Gasteiger partial charge on any atom is -0.496 e. The first-order chi connectivity index (χ1) is 9.52. The lowest BCUT2D eigenvalue weighted by Crippen LogP contribution is -2.43. The predicted octanol–water partition coefficient (Wildman–Crippen LogP) is 3.49. The summed E-state index contributed by atoms with van der Waals surface area (Å²) in [7, 11) is 1.68. The molecule has 1 saturated carbocycles. The van der Waals surface area contributed by atoms with Gasteiger partial charge in [-0.3, -0.25) is 0 Å². The Bertz CT molecular complexity index is 452. The Labute approximate surface area is 129 Å². The molecule has 0 aromatic heterocycles. The first kappa shape index (κ1) is 15.8. The van der Waals surface area contributed by atoms with E-state index in [4.69, 9.17) is 4.74 Å². The fourth-order valence-corrected chi connectivity index (χ4v) is 3.52. The van der Waals surface area contributed by atoms with Crippen LogP contribution < -0.4 is 10.1 Å². The Morgan fingerprint density at radius 3 is 3.00 bits per heavy atom. The van der Waals surface area contributed by atoms with Gasteiger partial charge in [0.2, 0.25) is 0 Å². The van der Waals surface area contributed by atoms with Crippen LogP contribution in [0.25, 0.3) is 0 Å². The zero-order chi connectivity index (χ0) is 14.6. The maximum absolute atomic E-state index is 10.6. The van der Waals surface area contributed by atoms with E-state index in [-0.39, 0.29) is 0 Å². The Balaban J connectivity index is 1.91. The molecule has 0 saturated heterocycles. The van der Waals surface area contributed by atoms with Crippen molar-refractivity contribution < 1.29 is 9.84 Å². The SMILES string of the molecule is COc1ccc(Br)cc1CNCC1(O)CCCC(C)C1. The summed E-state index contributed by atoms with van der Waals surface area (Å²) >= 11 is 3.48. The van der Waals surface area contributed by atoms with Crippen LogP contribution in [0.1, 0.15) is 38.2 Å². The molecule has 4 heteroatoms. The Kier molecular flexibility index (Phi) is 5.47. The number of hydrogen-bond acceptors (Lipinski definition) is 3. The Morgan fingerprint density at radius 2 is 2.30 bits per heavy atom. The summed E-state index contributed by atoms with van der Waals surface area (Å²) in [5.41, 5.74) is 0.561. The summed E-state index contributed by atoms with van der Waals surface area (Å²) in [5.74, 6) is 1.50. The molecule has 2 unspecified atom stereocenters. The Hall–Kier alpha value is -0.580. The lowest BCUT2D eigenvalue weighted by molar-refractivity contribution is -0.0119. The van der Waals surface area contributed by atoms with Crippen LogP contribution in [0.15, 0.2) is 22.7 Å². The highest BCUT2D eigenvalue weighted by Crippen LogP contribution is 2.31. The summed E-state index contributed by atoms with van der Waals surface area (Å²) in [6.45, 7) is 3.58. The van der Waals surface area contributed by atoms with Crippen molar-refractivity contribution >= 4 is 15.9 Å². The van der Waals surface area contributed by atoms with Crippen LogP contribution in [0.5, 0.6) is 5.75 Å². The average molecular weight is 342 g/mol. The van der Waals surface area contributed by atoms with E-state index in [1.165, 1.54) is 6.42 Å². The van der Waals surface area contributed by atoms with Gasteiger partial charge in [0.15, 0.2) is 0 Å². The van der Waals surface area contributed by atoms with Crippen LogP contribution in [0.4, 0.5) is 0 Å². The van der Waals surface area contributed by atoms with Crippen molar-refractivity contribution in [1.29, 1.82) is 0 Å². The predicted molar refractivity (Wildman–Crippen MR) is 85.0 cm³/mol. The zero-order valence-electron chi connectivity index (χ0n) is 12.3. The molecule has 2 atom stereocenters. The second-order valence-corrected chi connectivity index (χ2v) is 6.90. The molecule has 1 aromatic rings. The molecular formula is C16H24BrNO2. The summed E-state index contributed by atoms with van der Waals surface area (Å²) in [6, 6.07) is 5.98. The van der Waals surface area contributed by atoms with Gasteiger partial charge in [0.25, 0.3) is 0 Å². The molecule has 2 rings (SSSR count). The third-order valence-electron chi connectivity index (χ3n) is 4.08. The number of methoxy groups -OCH3 is 1. The molecule has 1 fully saturated rings. The van der Waals surface area contributed by atoms with Crippen molar-refractivity contribution in [3.8, 4) is 5.75 Å². The molecule has 1 aliphatic rings.